The second-order valence-electron chi connectivity index (χ2n) is 4.80. The number of hydrogen-bond donors (Lipinski definition) is 3. The van der Waals surface area contributed by atoms with E-state index in [4.69, 9.17) is 10.9 Å². The monoisotopic (exact) mass is 292 g/mol. The Kier molecular flexibility index (Phi) is 6.68. The summed E-state index contributed by atoms with van der Waals surface area (Å²) in [5, 5.41) is 14.8. The molecule has 0 saturated heterocycles. The molecule has 4 N–H and O–H groups in total. The normalized spacial score (nSPS) is 11.5. The van der Waals surface area contributed by atoms with Gasteiger partial charge in [0, 0.05) is 25.2 Å². The minimum absolute atomic E-state index is 0.0920. The van der Waals surface area contributed by atoms with E-state index in [9.17, 15) is 4.79 Å². The zero-order valence-electron chi connectivity index (χ0n) is 12.9. The fourth-order valence-corrected chi connectivity index (χ4v) is 2.10. The van der Waals surface area contributed by atoms with Gasteiger partial charge >= 0.3 is 0 Å². The van der Waals surface area contributed by atoms with Crippen LogP contribution in [0, 0.1) is 6.92 Å². The molecule has 116 valence electrons. The van der Waals surface area contributed by atoms with Crippen LogP contribution in [0.4, 0.5) is 0 Å². The van der Waals surface area contributed by atoms with Gasteiger partial charge in [0.05, 0.1) is 6.54 Å². The molecule has 0 atom stereocenters. The van der Waals surface area contributed by atoms with E-state index >= 15 is 0 Å². The van der Waals surface area contributed by atoms with Crippen LogP contribution in [0.5, 0.6) is 0 Å². The Hall–Kier alpha value is -2.08. The van der Waals surface area contributed by atoms with Crippen molar-refractivity contribution in [3.8, 4) is 0 Å². The van der Waals surface area contributed by atoms with Crippen molar-refractivity contribution < 1.29 is 10.0 Å². The number of aryl methyl sites for hydroxylation is 1. The molecule has 21 heavy (non-hydrogen) atoms. The Morgan fingerprint density at radius 3 is 2.57 bits per heavy atom. The van der Waals surface area contributed by atoms with Gasteiger partial charge in [-0.15, -0.1) is 0 Å². The minimum Gasteiger partial charge on any atom is -0.409 e. The first-order valence-corrected chi connectivity index (χ1v) is 7.09. The van der Waals surface area contributed by atoms with Crippen molar-refractivity contribution >= 4 is 11.7 Å². The van der Waals surface area contributed by atoms with E-state index in [0.717, 1.165) is 24.2 Å². The van der Waals surface area contributed by atoms with Gasteiger partial charge in [0.15, 0.2) is 5.84 Å². The number of nitrogens with zero attached hydrogens (tertiary/aromatic N) is 2. The third kappa shape index (κ3) is 4.75. The lowest BCUT2D eigenvalue weighted by Crippen LogP contribution is -2.37. The predicted molar refractivity (Wildman–Crippen MR) is 83.3 cm³/mol. The van der Waals surface area contributed by atoms with Crippen LogP contribution < -0.4 is 11.1 Å². The maximum atomic E-state index is 11.9. The summed E-state index contributed by atoms with van der Waals surface area (Å²) < 4.78 is 0. The Balaban J connectivity index is 2.59. The highest BCUT2D eigenvalue weighted by molar-refractivity contribution is 5.97. The Morgan fingerprint density at radius 1 is 1.38 bits per heavy atom. The number of nitrogens with one attached hydrogen (secondary N) is 1. The highest BCUT2D eigenvalue weighted by atomic mass is 16.4. The summed E-state index contributed by atoms with van der Waals surface area (Å²) in [5.41, 5.74) is 8.34. The molecule has 0 heterocycles. The molecule has 0 aliphatic heterocycles. The molecule has 1 amide bonds. The minimum atomic E-state index is 0.0920. The first-order chi connectivity index (χ1) is 10.0. The number of amidine groups is 1. The Labute approximate surface area is 125 Å². The summed E-state index contributed by atoms with van der Waals surface area (Å²) in [6, 6.07) is 5.57. The maximum Gasteiger partial charge on any atom is 0.236 e. The van der Waals surface area contributed by atoms with Crippen LogP contribution >= 0.6 is 0 Å². The predicted octanol–water partition coefficient (Wildman–Crippen LogP) is 1.05. The van der Waals surface area contributed by atoms with Gasteiger partial charge in [-0.05, 0) is 38.0 Å². The molecule has 0 saturated carbocycles. The van der Waals surface area contributed by atoms with Crippen LogP contribution in [0.2, 0.25) is 0 Å². The van der Waals surface area contributed by atoms with E-state index < -0.39 is 0 Å². The summed E-state index contributed by atoms with van der Waals surface area (Å²) in [6.45, 7) is 8.28. The molecule has 6 heteroatoms. The molecule has 0 spiro atoms. The molecule has 0 bridgehead atoms. The van der Waals surface area contributed by atoms with Gasteiger partial charge in [-0.1, -0.05) is 17.3 Å². The lowest BCUT2D eigenvalue weighted by Gasteiger charge is -2.19. The molecular formula is C15H24N4O2. The summed E-state index contributed by atoms with van der Waals surface area (Å²) in [7, 11) is 0. The van der Waals surface area contributed by atoms with E-state index in [1.54, 1.807) is 11.0 Å². The number of likely N-dealkylation sites (N-methyl/N-ethyl adjacent to an activating group) is 1. The van der Waals surface area contributed by atoms with Gasteiger partial charge in [0.1, 0.15) is 0 Å². The van der Waals surface area contributed by atoms with Crippen molar-refractivity contribution in [3.05, 3.63) is 34.9 Å². The molecule has 0 fully saturated rings. The summed E-state index contributed by atoms with van der Waals surface area (Å²) >= 11 is 0. The number of rotatable bonds is 7. The maximum absolute atomic E-state index is 11.9. The lowest BCUT2D eigenvalue weighted by atomic mass is 10.0. The number of carbonyl (C=O) groups excluding carboxylic acids is 1. The molecule has 0 aliphatic rings. The zero-order valence-corrected chi connectivity index (χ0v) is 12.9. The fourth-order valence-electron chi connectivity index (χ4n) is 2.10. The molecule has 0 unspecified atom stereocenters. The second kappa shape index (κ2) is 8.26. The fraction of sp³-hybridized carbons (Fsp3) is 0.467. The lowest BCUT2D eigenvalue weighted by molar-refractivity contribution is -0.129. The van der Waals surface area contributed by atoms with Gasteiger partial charge in [-0.3, -0.25) is 4.79 Å². The van der Waals surface area contributed by atoms with Crippen molar-refractivity contribution in [3.63, 3.8) is 0 Å². The van der Waals surface area contributed by atoms with Gasteiger partial charge in [0.25, 0.3) is 0 Å². The second-order valence-corrected chi connectivity index (χ2v) is 4.80. The van der Waals surface area contributed by atoms with Crippen molar-refractivity contribution in [1.82, 2.24) is 10.2 Å². The molecular weight excluding hydrogens is 268 g/mol. The van der Waals surface area contributed by atoms with E-state index in [0.29, 0.717) is 18.7 Å². The first-order valence-electron chi connectivity index (χ1n) is 7.09. The number of amides is 1. The van der Waals surface area contributed by atoms with Crippen LogP contribution in [-0.2, 0) is 11.3 Å². The molecule has 0 aromatic heterocycles. The van der Waals surface area contributed by atoms with Crippen molar-refractivity contribution in [2.45, 2.75) is 27.3 Å². The molecule has 1 aromatic rings. The van der Waals surface area contributed by atoms with Crippen LogP contribution in [-0.4, -0.2) is 41.5 Å². The van der Waals surface area contributed by atoms with E-state index in [2.05, 4.69) is 10.5 Å². The van der Waals surface area contributed by atoms with Crippen LogP contribution in [0.3, 0.4) is 0 Å². The summed E-state index contributed by atoms with van der Waals surface area (Å²) in [6.07, 6.45) is 0. The SMILES string of the molecule is CCN(CC)C(=O)CNCc1ccc(/C(N)=N/O)cc1C. The molecule has 0 aliphatic carbocycles. The van der Waals surface area contributed by atoms with Crippen LogP contribution in [0.25, 0.3) is 0 Å². The number of oxime groups is 1. The largest absolute Gasteiger partial charge is 0.409 e. The first kappa shape index (κ1) is 17.0. The average Bonchev–Trinajstić information content (AvgIpc) is 2.49. The standard InChI is InChI=1S/C15H24N4O2/c1-4-19(5-2)14(20)10-17-9-13-7-6-12(8-11(13)3)15(16)18-21/h6-8,17,21H,4-5,9-10H2,1-3H3,(H2,16,18). The van der Waals surface area contributed by atoms with Gasteiger partial charge in [-0.25, -0.2) is 0 Å². The van der Waals surface area contributed by atoms with E-state index in [1.165, 1.54) is 0 Å². The van der Waals surface area contributed by atoms with Crippen molar-refractivity contribution in [2.24, 2.45) is 10.9 Å². The highest BCUT2D eigenvalue weighted by Crippen LogP contribution is 2.11. The van der Waals surface area contributed by atoms with Crippen molar-refractivity contribution in [2.75, 3.05) is 19.6 Å². The van der Waals surface area contributed by atoms with Gasteiger partial charge < -0.3 is 21.2 Å². The summed E-state index contributed by atoms with van der Waals surface area (Å²) in [5.74, 6) is 0.195. The van der Waals surface area contributed by atoms with Gasteiger partial charge in [0.2, 0.25) is 5.91 Å². The van der Waals surface area contributed by atoms with E-state index in [-0.39, 0.29) is 11.7 Å². The topological polar surface area (TPSA) is 91.0 Å². The number of nitrogens with two attached hydrogens (primary N) is 1. The average molecular weight is 292 g/mol. The van der Waals surface area contributed by atoms with Crippen LogP contribution in [0.15, 0.2) is 23.4 Å². The van der Waals surface area contributed by atoms with Crippen LogP contribution in [0.1, 0.15) is 30.5 Å². The Morgan fingerprint density at radius 2 is 2.05 bits per heavy atom. The number of carbonyl (C=O) groups is 1. The van der Waals surface area contributed by atoms with Crippen molar-refractivity contribution in [1.29, 1.82) is 0 Å². The smallest absolute Gasteiger partial charge is 0.236 e. The third-order valence-corrected chi connectivity index (χ3v) is 3.45. The van der Waals surface area contributed by atoms with Gasteiger partial charge in [-0.2, -0.15) is 0 Å². The van der Waals surface area contributed by atoms with E-state index in [1.807, 2.05) is 32.9 Å². The quantitative estimate of drug-likeness (QED) is 0.303. The summed E-state index contributed by atoms with van der Waals surface area (Å²) in [4.78, 5) is 13.7. The molecule has 6 nitrogen and oxygen atoms in total. The number of benzene rings is 1. The third-order valence-electron chi connectivity index (χ3n) is 3.45. The number of hydrogen-bond acceptors (Lipinski definition) is 4. The molecule has 0 radical (unpaired) electrons. The molecule has 1 aromatic carbocycles. The Bertz CT molecular complexity index is 510. The zero-order chi connectivity index (χ0) is 15.8. The highest BCUT2D eigenvalue weighted by Gasteiger charge is 2.09. The molecule has 1 rings (SSSR count).